The first-order chi connectivity index (χ1) is 13.2. The van der Waals surface area contributed by atoms with Crippen LogP contribution in [0.3, 0.4) is 0 Å². The molecule has 0 spiro atoms. The number of benzene rings is 1. The van der Waals surface area contributed by atoms with E-state index in [-0.39, 0.29) is 18.2 Å². The molecule has 2 aromatic heterocycles. The predicted molar refractivity (Wildman–Crippen MR) is 92.9 cm³/mol. The third-order valence-corrected chi connectivity index (χ3v) is 4.38. The third kappa shape index (κ3) is 4.45. The van der Waals surface area contributed by atoms with Crippen molar-refractivity contribution in [2.45, 2.75) is 32.4 Å². The number of aliphatic hydroxyl groups is 1. The molecule has 148 valence electrons. The number of ether oxygens (including phenoxy) is 1. The summed E-state index contributed by atoms with van der Waals surface area (Å²) in [5.74, 6) is -0.467. The molecule has 2 heterocycles. The molecular weight excluding hydrogens is 375 g/mol. The maximum atomic E-state index is 12.3. The molecular formula is C18H18F3N5O2. The van der Waals surface area contributed by atoms with Crippen molar-refractivity contribution in [3.8, 4) is 16.9 Å². The van der Waals surface area contributed by atoms with Crippen LogP contribution in [-0.2, 0) is 12.1 Å². The van der Waals surface area contributed by atoms with E-state index in [0.29, 0.717) is 16.8 Å². The number of tetrazole rings is 1. The Morgan fingerprint density at radius 3 is 2.25 bits per heavy atom. The molecule has 28 heavy (non-hydrogen) atoms. The van der Waals surface area contributed by atoms with E-state index in [1.807, 2.05) is 13.8 Å². The molecule has 1 atom stereocenters. The number of pyridine rings is 1. The van der Waals surface area contributed by atoms with E-state index in [2.05, 4.69) is 25.2 Å². The van der Waals surface area contributed by atoms with E-state index in [4.69, 9.17) is 0 Å². The van der Waals surface area contributed by atoms with Crippen LogP contribution in [-0.4, -0.2) is 36.7 Å². The molecule has 0 aliphatic rings. The fourth-order valence-corrected chi connectivity index (χ4v) is 2.73. The molecule has 0 bridgehead atoms. The summed E-state index contributed by atoms with van der Waals surface area (Å²) in [6.07, 6.45) is -1.76. The van der Waals surface area contributed by atoms with Crippen LogP contribution in [0.25, 0.3) is 11.1 Å². The predicted octanol–water partition coefficient (Wildman–Crippen LogP) is 3.18. The highest BCUT2D eigenvalue weighted by atomic mass is 19.4. The zero-order valence-corrected chi connectivity index (χ0v) is 15.1. The number of alkyl halides is 3. The van der Waals surface area contributed by atoms with Crippen LogP contribution in [0.15, 0.2) is 48.9 Å². The lowest BCUT2D eigenvalue weighted by Crippen LogP contribution is -2.38. The largest absolute Gasteiger partial charge is 0.573 e. The van der Waals surface area contributed by atoms with Crippen molar-refractivity contribution in [2.24, 2.45) is 5.92 Å². The van der Waals surface area contributed by atoms with E-state index >= 15 is 0 Å². The number of rotatable bonds is 6. The van der Waals surface area contributed by atoms with Gasteiger partial charge in [-0.1, -0.05) is 32.0 Å². The smallest absolute Gasteiger partial charge is 0.406 e. The van der Waals surface area contributed by atoms with E-state index in [1.165, 1.54) is 35.3 Å². The van der Waals surface area contributed by atoms with Gasteiger partial charge in [0.05, 0.1) is 12.2 Å². The van der Waals surface area contributed by atoms with E-state index in [9.17, 15) is 18.3 Å². The maximum Gasteiger partial charge on any atom is 0.573 e. The van der Waals surface area contributed by atoms with Gasteiger partial charge in [-0.2, -0.15) is 0 Å². The molecule has 1 N–H and O–H groups in total. The molecule has 0 fully saturated rings. The average molecular weight is 393 g/mol. The van der Waals surface area contributed by atoms with Crippen LogP contribution in [0, 0.1) is 5.92 Å². The first-order valence-corrected chi connectivity index (χ1v) is 8.43. The zero-order valence-electron chi connectivity index (χ0n) is 15.1. The molecule has 1 aromatic carbocycles. The second-order valence-electron chi connectivity index (χ2n) is 6.59. The molecule has 3 rings (SSSR count). The topological polar surface area (TPSA) is 86.0 Å². The fraction of sp³-hybridized carbons (Fsp3) is 0.333. The van der Waals surface area contributed by atoms with Gasteiger partial charge >= 0.3 is 6.36 Å². The van der Waals surface area contributed by atoms with Gasteiger partial charge in [-0.3, -0.25) is 4.98 Å². The van der Waals surface area contributed by atoms with Gasteiger partial charge in [-0.05, 0) is 40.1 Å². The van der Waals surface area contributed by atoms with Gasteiger partial charge in [0.2, 0.25) is 0 Å². The van der Waals surface area contributed by atoms with Crippen molar-refractivity contribution < 1.29 is 23.0 Å². The molecule has 3 aromatic rings. The van der Waals surface area contributed by atoms with Crippen molar-refractivity contribution in [1.82, 2.24) is 25.2 Å². The first-order valence-electron chi connectivity index (χ1n) is 8.43. The Labute approximate surface area is 158 Å². The lowest BCUT2D eigenvalue weighted by molar-refractivity contribution is -0.274. The second-order valence-corrected chi connectivity index (χ2v) is 6.59. The molecule has 0 saturated carbocycles. The molecule has 0 radical (unpaired) electrons. The minimum atomic E-state index is -4.73. The van der Waals surface area contributed by atoms with Gasteiger partial charge in [-0.15, -0.1) is 18.3 Å². The molecule has 0 aliphatic carbocycles. The van der Waals surface area contributed by atoms with Gasteiger partial charge in [0.25, 0.3) is 0 Å². The highest BCUT2D eigenvalue weighted by Crippen LogP contribution is 2.32. The van der Waals surface area contributed by atoms with Crippen LogP contribution in [0.5, 0.6) is 5.75 Å². The van der Waals surface area contributed by atoms with Crippen LogP contribution in [0.4, 0.5) is 13.2 Å². The summed E-state index contributed by atoms with van der Waals surface area (Å²) in [5.41, 5.74) is 0.509. The number of hydrogen-bond donors (Lipinski definition) is 1. The van der Waals surface area contributed by atoms with Gasteiger partial charge in [0.1, 0.15) is 17.7 Å². The molecule has 7 nitrogen and oxygen atoms in total. The Balaban J connectivity index is 1.82. The lowest BCUT2D eigenvalue weighted by atomic mass is 9.86. The van der Waals surface area contributed by atoms with Gasteiger partial charge in [0.15, 0.2) is 0 Å². The van der Waals surface area contributed by atoms with Gasteiger partial charge in [0, 0.05) is 11.8 Å². The fourth-order valence-electron chi connectivity index (χ4n) is 2.73. The summed E-state index contributed by atoms with van der Waals surface area (Å²) in [4.78, 5) is 4.37. The van der Waals surface area contributed by atoms with Crippen LogP contribution >= 0.6 is 0 Å². The van der Waals surface area contributed by atoms with Crippen molar-refractivity contribution >= 4 is 0 Å². The molecule has 1 unspecified atom stereocenters. The highest BCUT2D eigenvalue weighted by molar-refractivity contribution is 5.63. The van der Waals surface area contributed by atoms with E-state index in [1.54, 1.807) is 18.3 Å². The zero-order chi connectivity index (χ0) is 20.4. The summed E-state index contributed by atoms with van der Waals surface area (Å²) >= 11 is 0. The Morgan fingerprint density at radius 2 is 1.75 bits per heavy atom. The van der Waals surface area contributed by atoms with Crippen LogP contribution in [0.1, 0.15) is 19.5 Å². The van der Waals surface area contributed by atoms with Crippen molar-refractivity contribution in [3.05, 3.63) is 54.6 Å². The normalized spacial score (nSPS) is 14.1. The minimum Gasteiger partial charge on any atom is -0.406 e. The second kappa shape index (κ2) is 7.55. The number of hydrogen-bond acceptors (Lipinski definition) is 6. The van der Waals surface area contributed by atoms with E-state index < -0.39 is 12.0 Å². The summed E-state index contributed by atoms with van der Waals surface area (Å²) in [6.45, 7) is 3.85. The maximum absolute atomic E-state index is 12.3. The summed E-state index contributed by atoms with van der Waals surface area (Å²) in [6, 6.07) is 8.91. The SMILES string of the molecule is CC(C)C(O)(Cn1cnnn1)c1ccc(-c2ccc(OC(F)(F)F)cc2)cn1. The van der Waals surface area contributed by atoms with Crippen molar-refractivity contribution in [3.63, 3.8) is 0 Å². The van der Waals surface area contributed by atoms with E-state index in [0.717, 1.165) is 0 Å². The summed E-state index contributed by atoms with van der Waals surface area (Å²) < 4.78 is 42.0. The third-order valence-electron chi connectivity index (χ3n) is 4.38. The quantitative estimate of drug-likeness (QED) is 0.692. The number of nitrogens with zero attached hydrogens (tertiary/aromatic N) is 5. The Morgan fingerprint density at radius 1 is 1.07 bits per heavy atom. The summed E-state index contributed by atoms with van der Waals surface area (Å²) in [7, 11) is 0. The molecule has 0 amide bonds. The summed E-state index contributed by atoms with van der Waals surface area (Å²) in [5, 5.41) is 22.0. The minimum absolute atomic E-state index is 0.132. The first kappa shape index (κ1) is 19.7. The molecule has 0 aliphatic heterocycles. The Hall–Kier alpha value is -3.01. The lowest BCUT2D eigenvalue weighted by Gasteiger charge is -2.31. The van der Waals surface area contributed by atoms with Crippen LogP contribution < -0.4 is 4.74 Å². The number of aromatic nitrogens is 5. The highest BCUT2D eigenvalue weighted by Gasteiger charge is 2.35. The van der Waals surface area contributed by atoms with Crippen molar-refractivity contribution in [2.75, 3.05) is 0 Å². The molecule has 0 saturated heterocycles. The van der Waals surface area contributed by atoms with Gasteiger partial charge in [-0.25, -0.2) is 4.68 Å². The number of halogens is 3. The Kier molecular flexibility index (Phi) is 5.32. The standard InChI is InChI=1S/C18H18F3N5O2/c1-12(2)17(27,10-26-11-23-24-25-26)16-8-5-14(9-22-16)13-3-6-15(7-4-13)28-18(19,20)21/h3-9,11-12,27H,10H2,1-2H3. The monoisotopic (exact) mass is 393 g/mol. The average Bonchev–Trinajstić information content (AvgIpc) is 3.14. The van der Waals surface area contributed by atoms with Crippen molar-refractivity contribution in [1.29, 1.82) is 0 Å². The van der Waals surface area contributed by atoms with Crippen LogP contribution in [0.2, 0.25) is 0 Å². The Bertz CT molecular complexity index is 896. The molecule has 10 heteroatoms. The van der Waals surface area contributed by atoms with Gasteiger partial charge < -0.3 is 9.84 Å².